The molecule has 2 aromatic heterocycles. The highest BCUT2D eigenvalue weighted by molar-refractivity contribution is 7.17. The van der Waals surface area contributed by atoms with E-state index in [0.29, 0.717) is 23.9 Å². The normalized spacial score (nSPS) is 11.9. The van der Waals surface area contributed by atoms with E-state index in [9.17, 15) is 4.79 Å². The van der Waals surface area contributed by atoms with Crippen molar-refractivity contribution in [2.75, 3.05) is 18.4 Å². The van der Waals surface area contributed by atoms with E-state index in [1.54, 1.807) is 18.5 Å². The molecule has 7 heteroatoms. The molecule has 2 N–H and O–H groups in total. The van der Waals surface area contributed by atoms with Crippen molar-refractivity contribution in [1.82, 2.24) is 20.1 Å². The SMILES string of the molecule is C=CCNc1ncc(C(=O)NC[C@@H](C)Cn2cccn2)s1. The van der Waals surface area contributed by atoms with Crippen molar-refractivity contribution in [2.45, 2.75) is 13.5 Å². The average molecular weight is 305 g/mol. The molecule has 0 bridgehead atoms. The van der Waals surface area contributed by atoms with Crippen LogP contribution < -0.4 is 10.6 Å². The van der Waals surface area contributed by atoms with Gasteiger partial charge in [-0.05, 0) is 12.0 Å². The Morgan fingerprint density at radius 2 is 2.48 bits per heavy atom. The Hall–Kier alpha value is -2.15. The molecular formula is C14H19N5OS. The first-order valence-corrected chi connectivity index (χ1v) is 7.57. The van der Waals surface area contributed by atoms with Gasteiger partial charge in [-0.3, -0.25) is 9.48 Å². The molecule has 112 valence electrons. The number of nitrogens with one attached hydrogen (secondary N) is 2. The molecule has 21 heavy (non-hydrogen) atoms. The summed E-state index contributed by atoms with van der Waals surface area (Å²) in [5.74, 6) is 0.214. The van der Waals surface area contributed by atoms with Crippen LogP contribution in [0.2, 0.25) is 0 Å². The van der Waals surface area contributed by atoms with Crippen LogP contribution in [0.3, 0.4) is 0 Å². The lowest BCUT2D eigenvalue weighted by Crippen LogP contribution is -2.29. The largest absolute Gasteiger partial charge is 0.358 e. The topological polar surface area (TPSA) is 71.8 Å². The third-order valence-electron chi connectivity index (χ3n) is 2.80. The monoisotopic (exact) mass is 305 g/mol. The zero-order chi connectivity index (χ0) is 15.1. The first kappa shape index (κ1) is 15.2. The predicted octanol–water partition coefficient (Wildman–Crippen LogP) is 2.00. The smallest absolute Gasteiger partial charge is 0.263 e. The van der Waals surface area contributed by atoms with Gasteiger partial charge in [-0.1, -0.05) is 24.3 Å². The number of carbonyl (C=O) groups excluding carboxylic acids is 1. The summed E-state index contributed by atoms with van der Waals surface area (Å²) in [6.07, 6.45) is 7.00. The lowest BCUT2D eigenvalue weighted by Gasteiger charge is -2.12. The van der Waals surface area contributed by atoms with Crippen LogP contribution in [0.4, 0.5) is 5.13 Å². The quantitative estimate of drug-likeness (QED) is 0.732. The minimum absolute atomic E-state index is 0.0912. The van der Waals surface area contributed by atoms with E-state index >= 15 is 0 Å². The molecule has 2 aromatic rings. The molecule has 1 amide bonds. The summed E-state index contributed by atoms with van der Waals surface area (Å²) < 4.78 is 1.86. The fourth-order valence-corrected chi connectivity index (χ4v) is 2.51. The maximum absolute atomic E-state index is 12.0. The molecule has 6 nitrogen and oxygen atoms in total. The molecule has 2 heterocycles. The summed E-state index contributed by atoms with van der Waals surface area (Å²) in [5, 5.41) is 10.9. The molecule has 0 aliphatic rings. The second kappa shape index (κ2) is 7.58. The van der Waals surface area contributed by atoms with Crippen LogP contribution in [0, 0.1) is 5.92 Å². The molecule has 1 atom stereocenters. The fraction of sp³-hybridized carbons (Fsp3) is 0.357. The summed E-state index contributed by atoms with van der Waals surface area (Å²) in [4.78, 5) is 16.8. The molecule has 0 aliphatic heterocycles. The van der Waals surface area contributed by atoms with Crippen LogP contribution in [0.25, 0.3) is 0 Å². The Labute approximate surface area is 127 Å². The molecule has 0 fully saturated rings. The number of anilines is 1. The maximum atomic E-state index is 12.0. The zero-order valence-electron chi connectivity index (χ0n) is 12.0. The van der Waals surface area contributed by atoms with E-state index in [2.05, 4.69) is 34.2 Å². The van der Waals surface area contributed by atoms with E-state index in [0.717, 1.165) is 11.7 Å². The number of hydrogen-bond donors (Lipinski definition) is 2. The summed E-state index contributed by atoms with van der Waals surface area (Å²) >= 11 is 1.34. The summed E-state index contributed by atoms with van der Waals surface area (Å²) in [6.45, 7) is 7.72. The van der Waals surface area contributed by atoms with Gasteiger partial charge < -0.3 is 10.6 Å². The Balaban J connectivity index is 1.78. The van der Waals surface area contributed by atoms with Crippen molar-refractivity contribution >= 4 is 22.4 Å². The van der Waals surface area contributed by atoms with Gasteiger partial charge in [0.25, 0.3) is 5.91 Å². The molecule has 0 aliphatic carbocycles. The Morgan fingerprint density at radius 1 is 1.62 bits per heavy atom. The molecule has 0 spiro atoms. The van der Waals surface area contributed by atoms with E-state index in [1.165, 1.54) is 11.3 Å². The van der Waals surface area contributed by atoms with Crippen molar-refractivity contribution in [2.24, 2.45) is 5.92 Å². The number of amides is 1. The van der Waals surface area contributed by atoms with Gasteiger partial charge in [0.05, 0.1) is 6.20 Å². The van der Waals surface area contributed by atoms with E-state index in [-0.39, 0.29) is 5.91 Å². The maximum Gasteiger partial charge on any atom is 0.263 e. The molecule has 0 aromatic carbocycles. The summed E-state index contributed by atoms with van der Waals surface area (Å²) in [7, 11) is 0. The minimum Gasteiger partial charge on any atom is -0.358 e. The molecule has 0 saturated heterocycles. The average Bonchev–Trinajstić information content (AvgIpc) is 3.14. The number of thiazole rings is 1. The van der Waals surface area contributed by atoms with E-state index in [4.69, 9.17) is 0 Å². The van der Waals surface area contributed by atoms with Gasteiger partial charge in [0, 0.05) is 32.0 Å². The van der Waals surface area contributed by atoms with Gasteiger partial charge in [-0.15, -0.1) is 6.58 Å². The first-order chi connectivity index (χ1) is 10.2. The Bertz CT molecular complexity index is 578. The van der Waals surface area contributed by atoms with E-state index in [1.807, 2.05) is 16.9 Å². The lowest BCUT2D eigenvalue weighted by molar-refractivity contribution is 0.0950. The number of rotatable bonds is 8. The minimum atomic E-state index is -0.0912. The molecule has 0 radical (unpaired) electrons. The molecular weight excluding hydrogens is 286 g/mol. The number of nitrogens with zero attached hydrogens (tertiary/aromatic N) is 3. The molecule has 0 saturated carbocycles. The third-order valence-corrected chi connectivity index (χ3v) is 3.75. The zero-order valence-corrected chi connectivity index (χ0v) is 12.8. The highest BCUT2D eigenvalue weighted by Gasteiger charge is 2.11. The number of carbonyl (C=O) groups is 1. The lowest BCUT2D eigenvalue weighted by atomic mass is 10.2. The van der Waals surface area contributed by atoms with Gasteiger partial charge in [0.2, 0.25) is 0 Å². The third kappa shape index (κ3) is 4.71. The van der Waals surface area contributed by atoms with Crippen molar-refractivity contribution in [1.29, 1.82) is 0 Å². The summed E-state index contributed by atoms with van der Waals surface area (Å²) in [5.41, 5.74) is 0. The van der Waals surface area contributed by atoms with Crippen molar-refractivity contribution in [3.8, 4) is 0 Å². The van der Waals surface area contributed by atoms with Gasteiger partial charge in [-0.25, -0.2) is 4.98 Å². The number of aromatic nitrogens is 3. The Kier molecular flexibility index (Phi) is 5.51. The van der Waals surface area contributed by atoms with E-state index < -0.39 is 0 Å². The van der Waals surface area contributed by atoms with Crippen LogP contribution in [0.5, 0.6) is 0 Å². The fourth-order valence-electron chi connectivity index (χ4n) is 1.77. The van der Waals surface area contributed by atoms with Gasteiger partial charge >= 0.3 is 0 Å². The van der Waals surface area contributed by atoms with Crippen molar-refractivity contribution in [3.63, 3.8) is 0 Å². The van der Waals surface area contributed by atoms with Crippen molar-refractivity contribution < 1.29 is 4.79 Å². The van der Waals surface area contributed by atoms with Crippen LogP contribution in [0.1, 0.15) is 16.6 Å². The predicted molar refractivity (Wildman–Crippen MR) is 84.5 cm³/mol. The molecule has 0 unspecified atom stereocenters. The second-order valence-corrected chi connectivity index (χ2v) is 5.77. The van der Waals surface area contributed by atoms with Crippen LogP contribution in [-0.2, 0) is 6.54 Å². The number of hydrogen-bond acceptors (Lipinski definition) is 5. The molecule has 2 rings (SSSR count). The van der Waals surface area contributed by atoms with Crippen LogP contribution in [-0.4, -0.2) is 33.8 Å². The summed E-state index contributed by atoms with van der Waals surface area (Å²) in [6, 6.07) is 1.89. The Morgan fingerprint density at radius 3 is 3.19 bits per heavy atom. The second-order valence-electron chi connectivity index (χ2n) is 4.74. The van der Waals surface area contributed by atoms with Crippen LogP contribution >= 0.6 is 11.3 Å². The van der Waals surface area contributed by atoms with Gasteiger partial charge in [-0.2, -0.15) is 5.10 Å². The van der Waals surface area contributed by atoms with Crippen molar-refractivity contribution in [3.05, 3.63) is 42.2 Å². The first-order valence-electron chi connectivity index (χ1n) is 6.75. The van der Waals surface area contributed by atoms with Gasteiger partial charge in [0.1, 0.15) is 4.88 Å². The van der Waals surface area contributed by atoms with Crippen LogP contribution in [0.15, 0.2) is 37.3 Å². The van der Waals surface area contributed by atoms with Gasteiger partial charge in [0.15, 0.2) is 5.13 Å². The highest BCUT2D eigenvalue weighted by atomic mass is 32.1. The highest BCUT2D eigenvalue weighted by Crippen LogP contribution is 2.17. The standard InChI is InChI=1S/C14H19N5OS/c1-3-5-15-14-17-9-12(21-14)13(20)16-8-11(2)10-19-7-4-6-18-19/h3-4,6-7,9,11H,1,5,8,10H2,2H3,(H,15,17)(H,16,20)/t11-/m1/s1.